The maximum absolute atomic E-state index is 7.60. The zero-order chi connectivity index (χ0) is 49.0. The fourth-order valence-electron chi connectivity index (χ4n) is 14.4. The van der Waals surface area contributed by atoms with Crippen LogP contribution >= 0.6 is 0 Å². The van der Waals surface area contributed by atoms with E-state index in [0.717, 1.165) is 134 Å². The first kappa shape index (κ1) is 46.3. The molecule has 9 aliphatic heterocycles. The average Bonchev–Trinajstić information content (AvgIpc) is 3.77. The minimum Gasteiger partial charge on any atom is -0.467 e. The largest absolute Gasteiger partial charge is 0.467 e. The molecule has 0 spiro atoms. The third-order valence-electron chi connectivity index (χ3n) is 18.2. The van der Waals surface area contributed by atoms with Gasteiger partial charge in [-0.25, -0.2) is 0 Å². The Hall–Kier alpha value is -6.53. The Morgan fingerprint density at radius 1 is 0.452 bits per heavy atom. The van der Waals surface area contributed by atoms with E-state index < -0.39 is 6.10 Å². The maximum Gasteiger partial charge on any atom is 0.323 e. The van der Waals surface area contributed by atoms with Crippen molar-refractivity contribution < 1.29 is 14.2 Å². The van der Waals surface area contributed by atoms with E-state index in [1.54, 1.807) is 0 Å². The van der Waals surface area contributed by atoms with Crippen LogP contribution in [0.3, 0.4) is 0 Å². The van der Waals surface area contributed by atoms with Crippen molar-refractivity contribution in [2.24, 2.45) is 35.5 Å². The molecular weight excluding hydrogens is 905 g/mol. The Morgan fingerprint density at radius 2 is 0.836 bits per heavy atom. The van der Waals surface area contributed by atoms with Crippen LogP contribution in [0.25, 0.3) is 32.7 Å². The van der Waals surface area contributed by atoms with E-state index in [1.807, 2.05) is 24.7 Å². The van der Waals surface area contributed by atoms with Gasteiger partial charge in [0, 0.05) is 64.5 Å². The lowest BCUT2D eigenvalue weighted by Crippen LogP contribution is -2.55. The molecular formula is C62H66N8O3. The number of piperidine rings is 7. The molecule has 7 aromatic rings. The van der Waals surface area contributed by atoms with Gasteiger partial charge in [-0.2, -0.15) is 9.97 Å². The van der Waals surface area contributed by atoms with Crippen molar-refractivity contribution in [3.8, 4) is 17.8 Å². The summed E-state index contributed by atoms with van der Waals surface area (Å²) in [6, 6.07) is 34.0. The highest BCUT2D eigenvalue weighted by molar-refractivity contribution is 5.84. The van der Waals surface area contributed by atoms with Crippen molar-refractivity contribution in [3.63, 3.8) is 0 Å². The van der Waals surface area contributed by atoms with Crippen molar-refractivity contribution in [2.45, 2.75) is 81.4 Å². The Kier molecular flexibility index (Phi) is 12.5. The summed E-state index contributed by atoms with van der Waals surface area (Å²) in [6.45, 7) is 18.7. The summed E-state index contributed by atoms with van der Waals surface area (Å²) in [4.78, 5) is 33.0. The summed E-state index contributed by atoms with van der Waals surface area (Å²) >= 11 is 0. The second-order valence-corrected chi connectivity index (χ2v) is 21.8. The van der Waals surface area contributed by atoms with Crippen LogP contribution in [-0.2, 0) is 0 Å². The summed E-state index contributed by atoms with van der Waals surface area (Å²) in [6.07, 6.45) is 18.6. The number of allylic oxidation sites excluding steroid dienone is 1. The molecule has 9 aliphatic rings. The van der Waals surface area contributed by atoms with Crippen LogP contribution in [-0.4, -0.2) is 97.0 Å². The molecule has 9 saturated heterocycles. The first-order valence-electron chi connectivity index (χ1n) is 27.0. The second-order valence-electron chi connectivity index (χ2n) is 21.8. The van der Waals surface area contributed by atoms with E-state index in [9.17, 15) is 0 Å². The van der Waals surface area contributed by atoms with E-state index in [0.29, 0.717) is 47.3 Å². The molecule has 11 heteroatoms. The van der Waals surface area contributed by atoms with Gasteiger partial charge in [0.1, 0.15) is 18.3 Å². The zero-order valence-electron chi connectivity index (χ0n) is 41.7. The van der Waals surface area contributed by atoms with Crippen LogP contribution in [0.1, 0.15) is 79.9 Å². The standard InChI is InChI=1S/C62H66N8O3/c1-4-39-22-29-68-30-23-42(39)33-54(68)59(48-19-26-63-51-16-10-7-13-45(48)51)71-57-36-58(72-60(49-20-27-64-52-17-11-8-14-46(49)52)55-34-43-24-31-69(55)37-40(43)5-2)67-62(66-57)73-61(50-21-28-65-53-18-12-9-15-47(50)53)56-35-44-25-32-70(56)38-41(44)6-3/h4-21,26-28,36,39-44,54-56,59-61H,1-3,22-25,29-35,37-38H2/t39?,40-,41?,42?,43?,44?,54+,55-,56?,59-,60-,61+/m0/s1. The van der Waals surface area contributed by atoms with Crippen molar-refractivity contribution in [1.82, 2.24) is 39.6 Å². The average molecular weight is 971 g/mol. The van der Waals surface area contributed by atoms with Crippen molar-refractivity contribution >= 4 is 32.7 Å². The van der Waals surface area contributed by atoms with E-state index in [4.69, 9.17) is 39.1 Å². The van der Waals surface area contributed by atoms with Crippen LogP contribution in [0, 0.1) is 35.5 Å². The van der Waals surface area contributed by atoms with Crippen molar-refractivity contribution in [1.29, 1.82) is 0 Å². The van der Waals surface area contributed by atoms with Crippen LogP contribution in [0.15, 0.2) is 154 Å². The number of aromatic nitrogens is 5. The highest BCUT2D eigenvalue weighted by Gasteiger charge is 2.47. The van der Waals surface area contributed by atoms with Gasteiger partial charge in [-0.1, -0.05) is 72.8 Å². The SMILES string of the molecule is C=CC1C[N@@]2CCC1CC2[C@H](Oc1nc(O[C@@H](c2ccnc3ccccc23)[C@H]2CC3CC[N@]2CCC3C=C)cc(O[C@@H](c2ccnc3ccccc23)[C@@H]2CC3CC[N@@]2C[C@@H]3C=C)n1)c1ccnc2ccccc12. The van der Waals surface area contributed by atoms with E-state index in [-0.39, 0.29) is 36.3 Å². The first-order chi connectivity index (χ1) is 36.0. The molecule has 3 aromatic carbocycles. The fourth-order valence-corrected chi connectivity index (χ4v) is 14.4. The van der Waals surface area contributed by atoms with E-state index in [1.165, 1.54) is 0 Å². The lowest BCUT2D eigenvalue weighted by molar-refractivity contribution is -0.0414. The molecule has 0 amide bonds. The topological polar surface area (TPSA) is 102 Å². The smallest absolute Gasteiger partial charge is 0.323 e. The highest BCUT2D eigenvalue weighted by Crippen LogP contribution is 2.48. The predicted molar refractivity (Wildman–Crippen MR) is 287 cm³/mol. The fraction of sp³-hybridized carbons (Fsp3) is 0.403. The molecule has 372 valence electrons. The number of fused-ring (bicyclic) bond motifs is 13. The van der Waals surface area contributed by atoms with Gasteiger partial charge in [-0.3, -0.25) is 29.7 Å². The van der Waals surface area contributed by atoms with Gasteiger partial charge >= 0.3 is 6.01 Å². The number of ether oxygens (including phenoxy) is 3. The van der Waals surface area contributed by atoms with Crippen molar-refractivity contribution in [2.75, 3.05) is 39.3 Å². The maximum atomic E-state index is 7.60. The number of benzene rings is 3. The quantitative estimate of drug-likeness (QED) is 0.0918. The van der Waals surface area contributed by atoms with Crippen LogP contribution in [0.4, 0.5) is 0 Å². The Bertz CT molecular complexity index is 3020. The summed E-state index contributed by atoms with van der Waals surface area (Å²) in [5.41, 5.74) is 6.05. The van der Waals surface area contributed by atoms with Crippen molar-refractivity contribution in [3.05, 3.63) is 170 Å². The minimum atomic E-state index is -0.417. The first-order valence-corrected chi connectivity index (χ1v) is 27.0. The van der Waals surface area contributed by atoms with Gasteiger partial charge in [-0.15, -0.1) is 19.7 Å². The lowest BCUT2D eigenvalue weighted by atomic mass is 9.73. The van der Waals surface area contributed by atoms with E-state index in [2.05, 4.69) is 144 Å². The summed E-state index contributed by atoms with van der Waals surface area (Å²) in [5, 5.41) is 3.21. The monoisotopic (exact) mass is 971 g/mol. The third kappa shape index (κ3) is 8.66. The molecule has 6 bridgehead atoms. The molecule has 6 unspecified atom stereocenters. The molecule has 0 N–H and O–H groups in total. The number of pyridine rings is 3. The molecule has 13 heterocycles. The molecule has 0 radical (unpaired) electrons. The van der Waals surface area contributed by atoms with Gasteiger partial charge in [-0.05, 0) is 143 Å². The predicted octanol–water partition coefficient (Wildman–Crippen LogP) is 11.6. The second kappa shape index (κ2) is 19.7. The molecule has 11 nitrogen and oxygen atoms in total. The molecule has 9 fully saturated rings. The van der Waals surface area contributed by atoms with Gasteiger partial charge in [0.15, 0.2) is 0 Å². The molecule has 0 saturated carbocycles. The van der Waals surface area contributed by atoms with Gasteiger partial charge in [0.2, 0.25) is 11.8 Å². The zero-order valence-corrected chi connectivity index (χ0v) is 41.7. The number of hydrogen-bond acceptors (Lipinski definition) is 11. The van der Waals surface area contributed by atoms with Gasteiger partial charge in [0.25, 0.3) is 0 Å². The van der Waals surface area contributed by atoms with Gasteiger partial charge in [0.05, 0.1) is 40.7 Å². The number of para-hydroxylation sites is 3. The normalized spacial score (nSPS) is 30.6. The summed E-state index contributed by atoms with van der Waals surface area (Å²) < 4.78 is 22.7. The molecule has 4 aromatic heterocycles. The Morgan fingerprint density at radius 3 is 1.26 bits per heavy atom. The summed E-state index contributed by atoms with van der Waals surface area (Å²) in [7, 11) is 0. The Balaban J connectivity index is 0.965. The molecule has 15 atom stereocenters. The van der Waals surface area contributed by atoms with Gasteiger partial charge < -0.3 is 14.2 Å². The van der Waals surface area contributed by atoms with Crippen LogP contribution < -0.4 is 14.2 Å². The number of rotatable bonds is 15. The Labute approximate surface area is 429 Å². The molecule has 16 rings (SSSR count). The number of hydrogen-bond donors (Lipinski definition) is 0. The highest BCUT2D eigenvalue weighted by atomic mass is 16.5. The molecule has 73 heavy (non-hydrogen) atoms. The van der Waals surface area contributed by atoms with Crippen LogP contribution in [0.5, 0.6) is 17.8 Å². The number of nitrogens with zero attached hydrogens (tertiary/aromatic N) is 8. The third-order valence-corrected chi connectivity index (χ3v) is 18.2. The molecule has 0 aliphatic carbocycles. The van der Waals surface area contributed by atoms with Crippen LogP contribution in [0.2, 0.25) is 0 Å². The summed E-state index contributed by atoms with van der Waals surface area (Å²) in [5.74, 6) is 3.74. The minimum absolute atomic E-state index is 0.0701. The lowest BCUT2D eigenvalue weighted by Gasteiger charge is -2.51. The van der Waals surface area contributed by atoms with E-state index >= 15 is 0 Å².